The number of rotatable bonds is 5. The molecule has 1 heterocycles. The Hall–Kier alpha value is -1.44. The van der Waals surface area contributed by atoms with Crippen LogP contribution in [0.3, 0.4) is 0 Å². The second-order valence-corrected chi connectivity index (χ2v) is 9.41. The number of nitrogens with two attached hydrogens (primary N) is 1. The van der Waals surface area contributed by atoms with Gasteiger partial charge in [-0.1, -0.05) is 13.8 Å². The van der Waals surface area contributed by atoms with E-state index in [1.54, 1.807) is 12.1 Å². The first-order valence-electron chi connectivity index (χ1n) is 8.92. The maximum absolute atomic E-state index is 12.7. The summed E-state index contributed by atoms with van der Waals surface area (Å²) in [5.74, 6) is 1.11. The van der Waals surface area contributed by atoms with Crippen LogP contribution in [0, 0.1) is 17.8 Å². The van der Waals surface area contributed by atoms with Gasteiger partial charge in [0.1, 0.15) is 0 Å². The van der Waals surface area contributed by atoms with E-state index >= 15 is 0 Å². The molecule has 3 atom stereocenters. The Morgan fingerprint density at radius 3 is 2.52 bits per heavy atom. The van der Waals surface area contributed by atoms with Crippen molar-refractivity contribution in [2.24, 2.45) is 23.5 Å². The van der Waals surface area contributed by atoms with Crippen LogP contribution in [0.25, 0.3) is 0 Å². The number of hydrogen-bond donors (Lipinski definition) is 2. The Labute approximate surface area is 149 Å². The Morgan fingerprint density at radius 2 is 1.92 bits per heavy atom. The number of fused-ring (bicyclic) bond motifs is 1. The predicted octanol–water partition coefficient (Wildman–Crippen LogP) is 1.43. The van der Waals surface area contributed by atoms with Crippen molar-refractivity contribution >= 4 is 15.9 Å². The summed E-state index contributed by atoms with van der Waals surface area (Å²) in [4.78, 5) is 14.7. The summed E-state index contributed by atoms with van der Waals surface area (Å²) in [5, 5.41) is 0. The molecule has 3 unspecified atom stereocenters. The lowest BCUT2D eigenvalue weighted by Crippen LogP contribution is -2.33. The minimum atomic E-state index is -3.53. The molecule has 3 rings (SSSR count). The Kier molecular flexibility index (Phi) is 5.18. The maximum Gasteiger partial charge on any atom is 0.253 e. The number of hydrogen-bond acceptors (Lipinski definition) is 4. The first-order valence-corrected chi connectivity index (χ1v) is 10.4. The van der Waals surface area contributed by atoms with Crippen molar-refractivity contribution in [3.05, 3.63) is 29.8 Å². The van der Waals surface area contributed by atoms with Crippen LogP contribution in [0.15, 0.2) is 29.2 Å². The molecular weight excluding hydrogens is 338 g/mol. The van der Waals surface area contributed by atoms with Crippen molar-refractivity contribution in [2.45, 2.75) is 37.6 Å². The highest BCUT2D eigenvalue weighted by Crippen LogP contribution is 2.37. The van der Waals surface area contributed by atoms with Crippen LogP contribution >= 0.6 is 0 Å². The molecule has 25 heavy (non-hydrogen) atoms. The first-order chi connectivity index (χ1) is 11.8. The lowest BCUT2D eigenvalue weighted by atomic mass is 9.98. The van der Waals surface area contributed by atoms with E-state index in [9.17, 15) is 13.2 Å². The topological polar surface area (TPSA) is 92.5 Å². The third kappa shape index (κ3) is 3.88. The molecule has 1 saturated heterocycles. The summed E-state index contributed by atoms with van der Waals surface area (Å²) in [6.45, 7) is 5.75. The second-order valence-electron chi connectivity index (χ2n) is 7.65. The number of likely N-dealkylation sites (tertiary alicyclic amines) is 1. The molecule has 7 heteroatoms. The molecule has 6 nitrogen and oxygen atoms in total. The standard InChI is InChI=1S/C18H27N3O3S/c1-12(2)9-20-25(23,24)15-6-3-13(4-7-15)18(22)21-10-14-5-8-17(19)16(14)11-21/h3-4,6-7,12,14,16-17,20H,5,8-11,19H2,1-2H3. The van der Waals surface area contributed by atoms with Crippen LogP contribution < -0.4 is 10.5 Å². The zero-order chi connectivity index (χ0) is 18.2. The van der Waals surface area contributed by atoms with Gasteiger partial charge in [-0.15, -0.1) is 0 Å². The van der Waals surface area contributed by atoms with Crippen LogP contribution in [0.1, 0.15) is 37.0 Å². The van der Waals surface area contributed by atoms with Gasteiger partial charge in [-0.05, 0) is 54.9 Å². The van der Waals surface area contributed by atoms with E-state index in [2.05, 4.69) is 4.72 Å². The predicted molar refractivity (Wildman–Crippen MR) is 96.6 cm³/mol. The average molecular weight is 365 g/mol. The molecular formula is C18H27N3O3S. The van der Waals surface area contributed by atoms with Gasteiger partial charge in [-0.3, -0.25) is 4.79 Å². The molecule has 1 amide bonds. The fourth-order valence-corrected chi connectivity index (χ4v) is 5.01. The molecule has 1 aliphatic carbocycles. The molecule has 2 aliphatic rings. The average Bonchev–Trinajstić information content (AvgIpc) is 3.15. The van der Waals surface area contributed by atoms with Crippen LogP contribution in [0.4, 0.5) is 0 Å². The number of amides is 1. The molecule has 0 radical (unpaired) electrons. The molecule has 3 N–H and O–H groups in total. The molecule has 1 saturated carbocycles. The van der Waals surface area contributed by atoms with Crippen LogP contribution in [0.5, 0.6) is 0 Å². The van der Waals surface area contributed by atoms with E-state index < -0.39 is 10.0 Å². The van der Waals surface area contributed by atoms with E-state index in [1.165, 1.54) is 12.1 Å². The molecule has 1 aromatic rings. The third-order valence-electron chi connectivity index (χ3n) is 5.29. The lowest BCUT2D eigenvalue weighted by molar-refractivity contribution is 0.0779. The number of carbonyl (C=O) groups excluding carboxylic acids is 1. The maximum atomic E-state index is 12.7. The second kappa shape index (κ2) is 7.05. The zero-order valence-corrected chi connectivity index (χ0v) is 15.6. The fourth-order valence-electron chi connectivity index (χ4n) is 3.79. The number of nitrogens with one attached hydrogen (secondary N) is 1. The molecule has 1 aromatic carbocycles. The highest BCUT2D eigenvalue weighted by atomic mass is 32.2. The van der Waals surface area contributed by atoms with Gasteiger partial charge in [0, 0.05) is 31.2 Å². The van der Waals surface area contributed by atoms with E-state index in [0.29, 0.717) is 30.5 Å². The van der Waals surface area contributed by atoms with E-state index in [-0.39, 0.29) is 22.8 Å². The summed E-state index contributed by atoms with van der Waals surface area (Å²) in [6.07, 6.45) is 2.14. The molecule has 138 valence electrons. The number of benzene rings is 1. The van der Waals surface area contributed by atoms with E-state index in [0.717, 1.165) is 19.4 Å². The highest BCUT2D eigenvalue weighted by molar-refractivity contribution is 7.89. The van der Waals surface area contributed by atoms with Gasteiger partial charge in [0.25, 0.3) is 5.91 Å². The summed E-state index contributed by atoms with van der Waals surface area (Å²) >= 11 is 0. The van der Waals surface area contributed by atoms with E-state index in [1.807, 2.05) is 18.7 Å². The van der Waals surface area contributed by atoms with Gasteiger partial charge in [-0.25, -0.2) is 13.1 Å². The van der Waals surface area contributed by atoms with Crippen molar-refractivity contribution in [1.29, 1.82) is 0 Å². The van der Waals surface area contributed by atoms with Crippen molar-refractivity contribution in [3.8, 4) is 0 Å². The van der Waals surface area contributed by atoms with Gasteiger partial charge in [0.2, 0.25) is 10.0 Å². The van der Waals surface area contributed by atoms with E-state index in [4.69, 9.17) is 5.73 Å². The van der Waals surface area contributed by atoms with Gasteiger partial charge in [-0.2, -0.15) is 0 Å². The summed E-state index contributed by atoms with van der Waals surface area (Å²) in [7, 11) is -3.53. The van der Waals surface area contributed by atoms with Crippen LogP contribution in [0.2, 0.25) is 0 Å². The van der Waals surface area contributed by atoms with Crippen molar-refractivity contribution in [2.75, 3.05) is 19.6 Å². The number of carbonyl (C=O) groups is 1. The minimum absolute atomic E-state index is 0.0410. The van der Waals surface area contributed by atoms with Gasteiger partial charge < -0.3 is 10.6 Å². The molecule has 2 fully saturated rings. The monoisotopic (exact) mass is 365 g/mol. The van der Waals surface area contributed by atoms with Crippen molar-refractivity contribution < 1.29 is 13.2 Å². The van der Waals surface area contributed by atoms with Gasteiger partial charge in [0.05, 0.1) is 4.90 Å². The normalized spacial score (nSPS) is 26.2. The smallest absolute Gasteiger partial charge is 0.253 e. The SMILES string of the molecule is CC(C)CNS(=O)(=O)c1ccc(C(=O)N2CC3CCC(N)C3C2)cc1. The summed E-state index contributed by atoms with van der Waals surface area (Å²) < 4.78 is 27.0. The molecule has 0 aromatic heterocycles. The number of sulfonamides is 1. The Morgan fingerprint density at radius 1 is 1.24 bits per heavy atom. The van der Waals surface area contributed by atoms with Crippen LogP contribution in [-0.4, -0.2) is 44.9 Å². The van der Waals surface area contributed by atoms with Crippen molar-refractivity contribution in [1.82, 2.24) is 9.62 Å². The fraction of sp³-hybridized carbons (Fsp3) is 0.611. The summed E-state index contributed by atoms with van der Waals surface area (Å²) in [6, 6.07) is 6.39. The minimum Gasteiger partial charge on any atom is -0.338 e. The molecule has 1 aliphatic heterocycles. The quantitative estimate of drug-likeness (QED) is 0.826. The molecule has 0 bridgehead atoms. The van der Waals surface area contributed by atoms with Crippen molar-refractivity contribution in [3.63, 3.8) is 0 Å². The first kappa shape index (κ1) is 18.4. The molecule has 0 spiro atoms. The Balaban J connectivity index is 1.67. The highest BCUT2D eigenvalue weighted by Gasteiger charge is 2.42. The summed E-state index contributed by atoms with van der Waals surface area (Å²) in [5.41, 5.74) is 6.65. The van der Waals surface area contributed by atoms with Gasteiger partial charge >= 0.3 is 0 Å². The van der Waals surface area contributed by atoms with Gasteiger partial charge in [0.15, 0.2) is 0 Å². The van der Waals surface area contributed by atoms with Crippen LogP contribution in [-0.2, 0) is 10.0 Å². The largest absolute Gasteiger partial charge is 0.338 e. The third-order valence-corrected chi connectivity index (χ3v) is 6.73. The Bertz CT molecular complexity index is 730. The lowest BCUT2D eigenvalue weighted by Gasteiger charge is -2.19. The zero-order valence-electron chi connectivity index (χ0n) is 14.8. The number of nitrogens with zero attached hydrogens (tertiary/aromatic N) is 1.